The van der Waals surface area contributed by atoms with Crippen molar-refractivity contribution in [2.24, 2.45) is 5.92 Å². The molecule has 1 aromatic carbocycles. The SMILES string of the molecule is CCNCC1CCCOC1c1cc(C)nc2ccccc12. The molecule has 1 aliphatic rings. The van der Waals surface area contributed by atoms with Gasteiger partial charge in [0.2, 0.25) is 0 Å². The van der Waals surface area contributed by atoms with Gasteiger partial charge in [0.05, 0.1) is 11.6 Å². The molecule has 0 spiro atoms. The summed E-state index contributed by atoms with van der Waals surface area (Å²) in [5.74, 6) is 0.545. The van der Waals surface area contributed by atoms with Gasteiger partial charge in [0.15, 0.2) is 0 Å². The molecule has 1 fully saturated rings. The van der Waals surface area contributed by atoms with Crippen molar-refractivity contribution in [1.29, 1.82) is 0 Å². The third kappa shape index (κ3) is 3.09. The largest absolute Gasteiger partial charge is 0.373 e. The summed E-state index contributed by atoms with van der Waals surface area (Å²) in [7, 11) is 0. The minimum Gasteiger partial charge on any atom is -0.373 e. The van der Waals surface area contributed by atoms with E-state index in [2.05, 4.69) is 54.5 Å². The maximum absolute atomic E-state index is 6.17. The fraction of sp³-hybridized carbons (Fsp3) is 0.500. The third-order valence-electron chi connectivity index (χ3n) is 4.28. The highest BCUT2D eigenvalue weighted by molar-refractivity contribution is 5.82. The molecule has 1 saturated heterocycles. The molecule has 3 rings (SSSR count). The molecule has 1 aromatic heterocycles. The third-order valence-corrected chi connectivity index (χ3v) is 4.28. The predicted molar refractivity (Wildman–Crippen MR) is 86.4 cm³/mol. The molecule has 2 atom stereocenters. The van der Waals surface area contributed by atoms with Crippen molar-refractivity contribution in [3.63, 3.8) is 0 Å². The van der Waals surface area contributed by atoms with Crippen LogP contribution in [0.25, 0.3) is 10.9 Å². The summed E-state index contributed by atoms with van der Waals surface area (Å²) in [4.78, 5) is 4.65. The van der Waals surface area contributed by atoms with E-state index < -0.39 is 0 Å². The minimum absolute atomic E-state index is 0.185. The zero-order chi connectivity index (χ0) is 14.7. The Morgan fingerprint density at radius 1 is 1.33 bits per heavy atom. The van der Waals surface area contributed by atoms with Gasteiger partial charge < -0.3 is 10.1 Å². The van der Waals surface area contributed by atoms with E-state index in [0.29, 0.717) is 5.92 Å². The number of hydrogen-bond donors (Lipinski definition) is 1. The van der Waals surface area contributed by atoms with Crippen LogP contribution in [0.5, 0.6) is 0 Å². The van der Waals surface area contributed by atoms with Crippen LogP contribution in [0.15, 0.2) is 30.3 Å². The highest BCUT2D eigenvalue weighted by Gasteiger charge is 2.28. The highest BCUT2D eigenvalue weighted by Crippen LogP contribution is 2.36. The Balaban J connectivity index is 2.00. The first-order chi connectivity index (χ1) is 10.3. The van der Waals surface area contributed by atoms with Crippen LogP contribution in [0.4, 0.5) is 0 Å². The Morgan fingerprint density at radius 3 is 3.05 bits per heavy atom. The Kier molecular flexibility index (Phi) is 4.51. The number of nitrogens with zero attached hydrogens (tertiary/aromatic N) is 1. The molecule has 0 amide bonds. The average Bonchev–Trinajstić information content (AvgIpc) is 2.52. The first-order valence-electron chi connectivity index (χ1n) is 7.98. The molecule has 112 valence electrons. The van der Waals surface area contributed by atoms with Gasteiger partial charge in [-0.1, -0.05) is 25.1 Å². The van der Waals surface area contributed by atoms with Gasteiger partial charge in [-0.05, 0) is 44.0 Å². The van der Waals surface area contributed by atoms with E-state index >= 15 is 0 Å². The van der Waals surface area contributed by atoms with Crippen LogP contribution >= 0.6 is 0 Å². The van der Waals surface area contributed by atoms with Crippen molar-refractivity contribution in [2.75, 3.05) is 19.7 Å². The van der Waals surface area contributed by atoms with Gasteiger partial charge in [0, 0.05) is 30.1 Å². The van der Waals surface area contributed by atoms with Gasteiger partial charge in [0.25, 0.3) is 0 Å². The van der Waals surface area contributed by atoms with Crippen molar-refractivity contribution in [3.05, 3.63) is 41.6 Å². The molecular formula is C18H24N2O. The van der Waals surface area contributed by atoms with Crippen LogP contribution < -0.4 is 5.32 Å². The summed E-state index contributed by atoms with van der Waals surface area (Å²) in [6.45, 7) is 7.13. The van der Waals surface area contributed by atoms with Gasteiger partial charge in [-0.25, -0.2) is 0 Å². The van der Waals surface area contributed by atoms with E-state index in [1.54, 1.807) is 0 Å². The average molecular weight is 284 g/mol. The minimum atomic E-state index is 0.185. The molecule has 2 aromatic rings. The Hall–Kier alpha value is -1.45. The Morgan fingerprint density at radius 2 is 2.19 bits per heavy atom. The number of para-hydroxylation sites is 1. The fourth-order valence-electron chi connectivity index (χ4n) is 3.30. The summed E-state index contributed by atoms with van der Waals surface area (Å²) in [6, 6.07) is 10.6. The van der Waals surface area contributed by atoms with E-state index in [4.69, 9.17) is 4.74 Å². The lowest BCUT2D eigenvalue weighted by Crippen LogP contribution is -2.32. The number of rotatable bonds is 4. The van der Waals surface area contributed by atoms with Gasteiger partial charge in [-0.2, -0.15) is 0 Å². The van der Waals surface area contributed by atoms with E-state index in [1.807, 2.05) is 0 Å². The van der Waals surface area contributed by atoms with Gasteiger partial charge >= 0.3 is 0 Å². The lowest BCUT2D eigenvalue weighted by Gasteiger charge is -2.33. The monoisotopic (exact) mass is 284 g/mol. The maximum atomic E-state index is 6.17. The van der Waals surface area contributed by atoms with Crippen molar-refractivity contribution < 1.29 is 4.74 Å². The van der Waals surface area contributed by atoms with E-state index in [-0.39, 0.29) is 6.10 Å². The van der Waals surface area contributed by atoms with E-state index in [9.17, 15) is 0 Å². The first-order valence-corrected chi connectivity index (χ1v) is 7.98. The van der Waals surface area contributed by atoms with Gasteiger partial charge in [-0.15, -0.1) is 0 Å². The van der Waals surface area contributed by atoms with Crippen LogP contribution in [0, 0.1) is 12.8 Å². The van der Waals surface area contributed by atoms with Crippen LogP contribution in [0.2, 0.25) is 0 Å². The summed E-state index contributed by atoms with van der Waals surface area (Å²) in [5.41, 5.74) is 3.45. The van der Waals surface area contributed by atoms with Crippen molar-refractivity contribution in [1.82, 2.24) is 10.3 Å². The Labute approximate surface area is 126 Å². The quantitative estimate of drug-likeness (QED) is 0.931. The molecule has 21 heavy (non-hydrogen) atoms. The van der Waals surface area contributed by atoms with Crippen LogP contribution in [0.3, 0.4) is 0 Å². The second-order valence-corrected chi connectivity index (χ2v) is 5.87. The van der Waals surface area contributed by atoms with E-state index in [1.165, 1.54) is 17.4 Å². The lowest BCUT2D eigenvalue weighted by atomic mass is 9.87. The second-order valence-electron chi connectivity index (χ2n) is 5.87. The van der Waals surface area contributed by atoms with Crippen LogP contribution in [-0.2, 0) is 4.74 Å². The first kappa shape index (κ1) is 14.5. The summed E-state index contributed by atoms with van der Waals surface area (Å²) in [5, 5.41) is 4.72. The van der Waals surface area contributed by atoms with Gasteiger partial charge in [-0.3, -0.25) is 4.98 Å². The number of benzene rings is 1. The van der Waals surface area contributed by atoms with E-state index in [0.717, 1.165) is 37.3 Å². The molecule has 0 bridgehead atoms. The molecule has 3 heteroatoms. The molecule has 0 saturated carbocycles. The summed E-state index contributed by atoms with van der Waals surface area (Å²) >= 11 is 0. The zero-order valence-corrected chi connectivity index (χ0v) is 12.9. The molecule has 0 aliphatic carbocycles. The summed E-state index contributed by atoms with van der Waals surface area (Å²) in [6.07, 6.45) is 2.58. The molecule has 3 nitrogen and oxygen atoms in total. The molecule has 0 radical (unpaired) electrons. The standard InChI is InChI=1S/C18H24N2O/c1-3-19-12-14-7-6-10-21-18(14)16-11-13(2)20-17-9-5-4-8-15(16)17/h4-5,8-9,11,14,18-19H,3,6-7,10,12H2,1-2H3. The van der Waals surface area contributed by atoms with Crippen LogP contribution in [-0.4, -0.2) is 24.7 Å². The number of fused-ring (bicyclic) bond motifs is 1. The number of nitrogens with one attached hydrogen (secondary N) is 1. The molecular weight excluding hydrogens is 260 g/mol. The second kappa shape index (κ2) is 6.54. The normalized spacial score (nSPS) is 22.6. The maximum Gasteiger partial charge on any atom is 0.0872 e. The Bertz CT molecular complexity index is 611. The topological polar surface area (TPSA) is 34.1 Å². The number of ether oxygens (including phenoxy) is 1. The predicted octanol–water partition coefficient (Wildman–Crippen LogP) is 3.62. The number of hydrogen-bond acceptors (Lipinski definition) is 3. The lowest BCUT2D eigenvalue weighted by molar-refractivity contribution is -0.0268. The summed E-state index contributed by atoms with van der Waals surface area (Å²) < 4.78 is 6.17. The molecule has 1 N–H and O–H groups in total. The highest BCUT2D eigenvalue weighted by atomic mass is 16.5. The van der Waals surface area contributed by atoms with Gasteiger partial charge in [0.1, 0.15) is 0 Å². The van der Waals surface area contributed by atoms with Crippen LogP contribution in [0.1, 0.15) is 37.1 Å². The zero-order valence-electron chi connectivity index (χ0n) is 12.9. The number of pyridine rings is 1. The number of aryl methyl sites for hydroxylation is 1. The van der Waals surface area contributed by atoms with Crippen molar-refractivity contribution in [2.45, 2.75) is 32.8 Å². The van der Waals surface area contributed by atoms with Crippen molar-refractivity contribution in [3.8, 4) is 0 Å². The molecule has 1 aliphatic heterocycles. The number of aromatic nitrogens is 1. The molecule has 2 heterocycles. The smallest absolute Gasteiger partial charge is 0.0872 e. The van der Waals surface area contributed by atoms with Crippen molar-refractivity contribution >= 4 is 10.9 Å². The fourth-order valence-corrected chi connectivity index (χ4v) is 3.30. The molecule has 2 unspecified atom stereocenters.